The van der Waals surface area contributed by atoms with Gasteiger partial charge in [-0.15, -0.1) is 0 Å². The number of hydrogen-bond donors (Lipinski definition) is 1. The molecule has 0 amide bonds. The predicted octanol–water partition coefficient (Wildman–Crippen LogP) is 2.67. The Labute approximate surface area is 105 Å². The highest BCUT2D eigenvalue weighted by molar-refractivity contribution is 5.06. The highest BCUT2D eigenvalue weighted by atomic mass is 15.2. The zero-order chi connectivity index (χ0) is 12.1. The molecule has 3 nitrogen and oxygen atoms in total. The molecule has 0 saturated carbocycles. The van der Waals surface area contributed by atoms with Crippen LogP contribution < -0.4 is 5.32 Å². The van der Waals surface area contributed by atoms with E-state index in [1.807, 2.05) is 17.9 Å². The molecule has 1 atom stereocenters. The molecule has 0 aliphatic carbocycles. The summed E-state index contributed by atoms with van der Waals surface area (Å²) < 4.78 is 1.91. The fourth-order valence-corrected chi connectivity index (χ4v) is 3.04. The Kier molecular flexibility index (Phi) is 4.21. The quantitative estimate of drug-likeness (QED) is 0.869. The van der Waals surface area contributed by atoms with Gasteiger partial charge in [0.05, 0.1) is 5.69 Å². The molecule has 1 saturated heterocycles. The van der Waals surface area contributed by atoms with Crippen molar-refractivity contribution in [2.75, 3.05) is 6.54 Å². The van der Waals surface area contributed by atoms with E-state index in [2.05, 4.69) is 23.4 Å². The standard InChI is InChI=1S/C14H25N3/c1-3-8-14(9-5-4-6-10-15-14)12-13-7-11-17(2)16-13/h7,11,15H,3-6,8-10,12H2,1-2H3. The highest BCUT2D eigenvalue weighted by Gasteiger charge is 2.30. The minimum Gasteiger partial charge on any atom is -0.311 e. The Balaban J connectivity index is 2.09. The van der Waals surface area contributed by atoms with Crippen molar-refractivity contribution >= 4 is 0 Å². The van der Waals surface area contributed by atoms with Crippen molar-refractivity contribution in [1.82, 2.24) is 15.1 Å². The third-order valence-electron chi connectivity index (χ3n) is 3.85. The molecule has 0 bridgehead atoms. The van der Waals surface area contributed by atoms with Crippen LogP contribution in [0.15, 0.2) is 12.3 Å². The summed E-state index contributed by atoms with van der Waals surface area (Å²) in [5.74, 6) is 0. The van der Waals surface area contributed by atoms with Crippen molar-refractivity contribution in [2.45, 2.75) is 57.4 Å². The third kappa shape index (κ3) is 3.32. The maximum atomic E-state index is 4.54. The van der Waals surface area contributed by atoms with Gasteiger partial charge >= 0.3 is 0 Å². The Morgan fingerprint density at radius 3 is 3.00 bits per heavy atom. The lowest BCUT2D eigenvalue weighted by atomic mass is 9.84. The minimum atomic E-state index is 0.305. The van der Waals surface area contributed by atoms with Crippen molar-refractivity contribution < 1.29 is 0 Å². The molecule has 0 radical (unpaired) electrons. The molecule has 1 aromatic heterocycles. The molecule has 0 aromatic carbocycles. The molecular weight excluding hydrogens is 210 g/mol. The second-order valence-corrected chi connectivity index (χ2v) is 5.43. The van der Waals surface area contributed by atoms with E-state index < -0.39 is 0 Å². The second-order valence-electron chi connectivity index (χ2n) is 5.43. The van der Waals surface area contributed by atoms with E-state index in [0.717, 1.165) is 6.42 Å². The molecule has 0 spiro atoms. The summed E-state index contributed by atoms with van der Waals surface area (Å²) in [5.41, 5.74) is 1.54. The zero-order valence-corrected chi connectivity index (χ0v) is 11.2. The molecule has 96 valence electrons. The van der Waals surface area contributed by atoms with Crippen LogP contribution in [0.3, 0.4) is 0 Å². The first kappa shape index (κ1) is 12.6. The maximum absolute atomic E-state index is 4.54. The number of nitrogens with one attached hydrogen (secondary N) is 1. The van der Waals surface area contributed by atoms with E-state index in [4.69, 9.17) is 0 Å². The van der Waals surface area contributed by atoms with Crippen LogP contribution in [0.2, 0.25) is 0 Å². The normalized spacial score (nSPS) is 25.8. The summed E-state index contributed by atoms with van der Waals surface area (Å²) in [5, 5.41) is 8.34. The van der Waals surface area contributed by atoms with Gasteiger partial charge < -0.3 is 5.32 Å². The molecule has 17 heavy (non-hydrogen) atoms. The van der Waals surface area contributed by atoms with Crippen LogP contribution >= 0.6 is 0 Å². The van der Waals surface area contributed by atoms with Crippen LogP contribution in [-0.2, 0) is 13.5 Å². The van der Waals surface area contributed by atoms with Crippen LogP contribution in [0.4, 0.5) is 0 Å². The SMILES string of the molecule is CCCC1(Cc2ccn(C)n2)CCCCCN1. The van der Waals surface area contributed by atoms with Crippen molar-refractivity contribution in [3.05, 3.63) is 18.0 Å². The number of aromatic nitrogens is 2. The third-order valence-corrected chi connectivity index (χ3v) is 3.85. The summed E-state index contributed by atoms with van der Waals surface area (Å²) >= 11 is 0. The van der Waals surface area contributed by atoms with E-state index >= 15 is 0 Å². The summed E-state index contributed by atoms with van der Waals surface area (Å²) in [6.45, 7) is 3.46. The smallest absolute Gasteiger partial charge is 0.0642 e. The van der Waals surface area contributed by atoms with Crippen molar-refractivity contribution in [3.8, 4) is 0 Å². The molecule has 2 heterocycles. The van der Waals surface area contributed by atoms with Gasteiger partial charge in [0.25, 0.3) is 0 Å². The highest BCUT2D eigenvalue weighted by Crippen LogP contribution is 2.27. The number of aryl methyl sites for hydroxylation is 1. The number of rotatable bonds is 4. The van der Waals surface area contributed by atoms with Gasteiger partial charge in [-0.2, -0.15) is 5.10 Å². The van der Waals surface area contributed by atoms with Crippen LogP contribution in [0.5, 0.6) is 0 Å². The summed E-state index contributed by atoms with van der Waals surface area (Å²) in [6, 6.07) is 2.16. The molecule has 2 rings (SSSR count). The van der Waals surface area contributed by atoms with E-state index in [0.29, 0.717) is 5.54 Å². The average Bonchev–Trinajstić information content (AvgIpc) is 2.57. The lowest BCUT2D eigenvalue weighted by Gasteiger charge is -2.33. The lowest BCUT2D eigenvalue weighted by Crippen LogP contribution is -2.46. The molecular formula is C14H25N3. The summed E-state index contributed by atoms with van der Waals surface area (Å²) in [4.78, 5) is 0. The summed E-state index contributed by atoms with van der Waals surface area (Å²) in [7, 11) is 2.00. The molecule has 3 heteroatoms. The number of nitrogens with zero attached hydrogens (tertiary/aromatic N) is 2. The van der Waals surface area contributed by atoms with Gasteiger partial charge in [0.1, 0.15) is 0 Å². The Bertz CT molecular complexity index is 335. The van der Waals surface area contributed by atoms with Crippen LogP contribution in [0, 0.1) is 0 Å². The van der Waals surface area contributed by atoms with Crippen molar-refractivity contribution in [3.63, 3.8) is 0 Å². The fourth-order valence-electron chi connectivity index (χ4n) is 3.04. The van der Waals surface area contributed by atoms with Gasteiger partial charge in [-0.1, -0.05) is 26.2 Å². The van der Waals surface area contributed by atoms with Crippen LogP contribution in [0.1, 0.15) is 51.1 Å². The van der Waals surface area contributed by atoms with E-state index in [9.17, 15) is 0 Å². The Hall–Kier alpha value is -0.830. The van der Waals surface area contributed by atoms with Gasteiger partial charge in [0.15, 0.2) is 0 Å². The van der Waals surface area contributed by atoms with Gasteiger partial charge in [-0.25, -0.2) is 0 Å². The van der Waals surface area contributed by atoms with Gasteiger partial charge in [-0.3, -0.25) is 4.68 Å². The molecule has 1 aliphatic heterocycles. The van der Waals surface area contributed by atoms with Crippen LogP contribution in [0.25, 0.3) is 0 Å². The van der Waals surface area contributed by atoms with E-state index in [1.165, 1.54) is 50.8 Å². The van der Waals surface area contributed by atoms with Gasteiger partial charge in [0.2, 0.25) is 0 Å². The van der Waals surface area contributed by atoms with Gasteiger partial charge in [-0.05, 0) is 31.9 Å². The first-order valence-electron chi connectivity index (χ1n) is 6.98. The molecule has 1 fully saturated rings. The fraction of sp³-hybridized carbons (Fsp3) is 0.786. The first-order chi connectivity index (χ1) is 8.24. The maximum Gasteiger partial charge on any atom is 0.0642 e. The largest absolute Gasteiger partial charge is 0.311 e. The van der Waals surface area contributed by atoms with Crippen LogP contribution in [-0.4, -0.2) is 21.9 Å². The minimum absolute atomic E-state index is 0.305. The molecule has 1 aliphatic rings. The first-order valence-corrected chi connectivity index (χ1v) is 6.98. The molecule has 1 aromatic rings. The monoisotopic (exact) mass is 235 g/mol. The van der Waals surface area contributed by atoms with Crippen molar-refractivity contribution in [1.29, 1.82) is 0 Å². The zero-order valence-electron chi connectivity index (χ0n) is 11.2. The molecule has 1 N–H and O–H groups in total. The lowest BCUT2D eigenvalue weighted by molar-refractivity contribution is 0.285. The average molecular weight is 235 g/mol. The van der Waals surface area contributed by atoms with Gasteiger partial charge in [0, 0.05) is 25.2 Å². The second kappa shape index (κ2) is 5.67. The Morgan fingerprint density at radius 2 is 2.29 bits per heavy atom. The Morgan fingerprint density at radius 1 is 1.41 bits per heavy atom. The van der Waals surface area contributed by atoms with E-state index in [-0.39, 0.29) is 0 Å². The predicted molar refractivity (Wildman–Crippen MR) is 71.0 cm³/mol. The summed E-state index contributed by atoms with van der Waals surface area (Å²) in [6.07, 6.45) is 11.0. The topological polar surface area (TPSA) is 29.9 Å². The molecule has 1 unspecified atom stereocenters. The van der Waals surface area contributed by atoms with Crippen molar-refractivity contribution in [2.24, 2.45) is 7.05 Å². The number of hydrogen-bond acceptors (Lipinski definition) is 2. The van der Waals surface area contributed by atoms with E-state index in [1.54, 1.807) is 0 Å².